The van der Waals surface area contributed by atoms with Crippen LogP contribution in [0.2, 0.25) is 0 Å². The van der Waals surface area contributed by atoms with Gasteiger partial charge in [-0.15, -0.1) is 10.2 Å². The summed E-state index contributed by atoms with van der Waals surface area (Å²) in [6, 6.07) is 20.3. The number of fused-ring (bicyclic) bond motifs is 2. The first-order chi connectivity index (χ1) is 26.5. The molecule has 12 heteroatoms. The van der Waals surface area contributed by atoms with Gasteiger partial charge in [0.25, 0.3) is 0 Å². The molecule has 7 rings (SSSR count). The van der Waals surface area contributed by atoms with E-state index in [1.54, 1.807) is 6.08 Å². The topological polar surface area (TPSA) is 129 Å². The lowest BCUT2D eigenvalue weighted by molar-refractivity contribution is 0.171. The van der Waals surface area contributed by atoms with Gasteiger partial charge in [0.1, 0.15) is 17.7 Å². The molecule has 2 aromatic carbocycles. The van der Waals surface area contributed by atoms with Crippen molar-refractivity contribution in [3.05, 3.63) is 95.3 Å². The van der Waals surface area contributed by atoms with Gasteiger partial charge in [0.05, 0.1) is 17.9 Å². The van der Waals surface area contributed by atoms with E-state index >= 15 is 0 Å². The van der Waals surface area contributed by atoms with E-state index in [1.807, 2.05) is 67.8 Å². The maximum Gasteiger partial charge on any atom is 0.320 e. The number of carbonyl (C=O) groups is 1. The first-order valence-corrected chi connectivity index (χ1v) is 20.0. The summed E-state index contributed by atoms with van der Waals surface area (Å²) in [5.41, 5.74) is 11.7. The average molecular weight is 747 g/mol. The Morgan fingerprint density at radius 1 is 0.945 bits per heavy atom. The van der Waals surface area contributed by atoms with E-state index in [4.69, 9.17) is 15.5 Å². The standard InChI is InChI=1S/C43H58N10O2/c1-30-12-8-9-23-52(30)42-49-48-40-20-17-33(29-53(40)42)55-37-19-18-36(34-15-6-7-16-35(34)37)46-41(54)47-39(27-38(44)43(2,3)4)45-32-14-10-13-31(26-32)28-51-22-11-21-50(5)24-25-51/h6-7,10,13-17,20,26-27,29-30,36-37H,8-9,11-12,18-19,21-25,28,44H2,1-5H3,(H2,45,46,47,54)/t30-,36-,37+/m0/s1. The summed E-state index contributed by atoms with van der Waals surface area (Å²) in [5, 5.41) is 15.3. The molecular formula is C43H58N10O2. The van der Waals surface area contributed by atoms with E-state index in [1.165, 1.54) is 12.0 Å². The Hall–Kier alpha value is -4.94. The van der Waals surface area contributed by atoms with Crippen molar-refractivity contribution in [3.8, 4) is 5.75 Å². The van der Waals surface area contributed by atoms with Crippen LogP contribution in [0, 0.1) is 5.41 Å². The molecule has 2 fully saturated rings. The van der Waals surface area contributed by atoms with E-state index in [9.17, 15) is 4.79 Å². The van der Waals surface area contributed by atoms with Crippen molar-refractivity contribution < 1.29 is 9.53 Å². The highest BCUT2D eigenvalue weighted by molar-refractivity contribution is 6.05. The molecule has 292 valence electrons. The molecule has 0 saturated carbocycles. The SMILES string of the molecule is C[C@H]1CCCCN1c1nnc2ccc(O[C@@H]3CC[C@H](NC(=O)NC(C=C(N)C(C)(C)C)=Nc4cccc(CN5CCCN(C)CC5)c4)c4ccccc43)cn12. The summed E-state index contributed by atoms with van der Waals surface area (Å²) in [5.74, 6) is 2.02. The van der Waals surface area contributed by atoms with Gasteiger partial charge in [0, 0.05) is 49.4 Å². The van der Waals surface area contributed by atoms with Crippen molar-refractivity contribution in [1.82, 2.24) is 35.0 Å². The third kappa shape index (κ3) is 9.48. The first kappa shape index (κ1) is 38.3. The molecule has 4 N–H and O–H groups in total. The van der Waals surface area contributed by atoms with Crippen LogP contribution in [0.5, 0.6) is 5.75 Å². The van der Waals surface area contributed by atoms with Crippen LogP contribution < -0.4 is 26.0 Å². The molecule has 4 heterocycles. The summed E-state index contributed by atoms with van der Waals surface area (Å²) in [4.78, 5) is 25.9. The van der Waals surface area contributed by atoms with Crippen molar-refractivity contribution in [2.45, 2.75) is 91.0 Å². The van der Waals surface area contributed by atoms with E-state index in [0.717, 1.165) is 99.1 Å². The lowest BCUT2D eigenvalue weighted by atomic mass is 9.85. The van der Waals surface area contributed by atoms with Crippen LogP contribution in [0.4, 0.5) is 16.4 Å². The number of benzene rings is 2. The lowest BCUT2D eigenvalue weighted by Gasteiger charge is -2.33. The Morgan fingerprint density at radius 2 is 1.78 bits per heavy atom. The Kier molecular flexibility index (Phi) is 11.7. The van der Waals surface area contributed by atoms with Gasteiger partial charge in [-0.3, -0.25) is 14.6 Å². The van der Waals surface area contributed by atoms with Crippen LogP contribution in [0.15, 0.2) is 83.6 Å². The molecule has 1 aliphatic carbocycles. The van der Waals surface area contributed by atoms with Crippen LogP contribution in [-0.4, -0.2) is 82.1 Å². The summed E-state index contributed by atoms with van der Waals surface area (Å²) in [6.45, 7) is 14.5. The zero-order valence-corrected chi connectivity index (χ0v) is 33.2. The highest BCUT2D eigenvalue weighted by Crippen LogP contribution is 2.39. The minimum absolute atomic E-state index is 0.169. The summed E-state index contributed by atoms with van der Waals surface area (Å²) in [6.07, 6.45) is 9.77. The zero-order chi connectivity index (χ0) is 38.5. The number of aromatic nitrogens is 3. The molecule has 0 unspecified atom stereocenters. The van der Waals surface area contributed by atoms with Gasteiger partial charge in [-0.2, -0.15) is 0 Å². The third-order valence-corrected chi connectivity index (χ3v) is 11.2. The highest BCUT2D eigenvalue weighted by Gasteiger charge is 2.30. The summed E-state index contributed by atoms with van der Waals surface area (Å²) >= 11 is 0. The number of pyridine rings is 1. The van der Waals surface area contributed by atoms with E-state index in [2.05, 4.69) is 73.8 Å². The molecular weight excluding hydrogens is 689 g/mol. The molecule has 3 aliphatic rings. The van der Waals surface area contributed by atoms with Crippen molar-refractivity contribution >= 4 is 29.1 Å². The Morgan fingerprint density at radius 3 is 2.60 bits per heavy atom. The smallest absolute Gasteiger partial charge is 0.320 e. The minimum atomic E-state index is -0.335. The van der Waals surface area contributed by atoms with Crippen LogP contribution in [-0.2, 0) is 6.54 Å². The predicted molar refractivity (Wildman–Crippen MR) is 220 cm³/mol. The molecule has 12 nitrogen and oxygen atoms in total. The van der Waals surface area contributed by atoms with Gasteiger partial charge < -0.3 is 25.6 Å². The Balaban J connectivity index is 1.06. The normalized spacial score (nSPS) is 21.9. The fourth-order valence-corrected chi connectivity index (χ4v) is 7.86. The van der Waals surface area contributed by atoms with Crippen molar-refractivity contribution in [2.24, 2.45) is 16.1 Å². The van der Waals surface area contributed by atoms with Crippen LogP contribution >= 0.6 is 0 Å². The molecule has 0 radical (unpaired) electrons. The second kappa shape index (κ2) is 16.8. The molecule has 2 aliphatic heterocycles. The Bertz CT molecular complexity index is 2020. The van der Waals surface area contributed by atoms with Gasteiger partial charge in [0.2, 0.25) is 5.95 Å². The van der Waals surface area contributed by atoms with E-state index < -0.39 is 0 Å². The van der Waals surface area contributed by atoms with Crippen molar-refractivity contribution in [1.29, 1.82) is 0 Å². The number of aliphatic imine (C=N–C) groups is 1. The van der Waals surface area contributed by atoms with Gasteiger partial charge in [-0.25, -0.2) is 9.79 Å². The number of amides is 2. The third-order valence-electron chi connectivity index (χ3n) is 11.2. The number of urea groups is 1. The number of nitrogens with zero attached hydrogens (tertiary/aromatic N) is 7. The number of ether oxygens (including phenoxy) is 1. The molecule has 2 saturated heterocycles. The number of allylic oxidation sites excluding steroid dienone is 1. The monoisotopic (exact) mass is 746 g/mol. The molecule has 0 bridgehead atoms. The van der Waals surface area contributed by atoms with Crippen LogP contribution in [0.3, 0.4) is 0 Å². The molecule has 0 spiro atoms. The van der Waals surface area contributed by atoms with E-state index in [-0.39, 0.29) is 23.6 Å². The number of piperidine rings is 1. The second-order valence-corrected chi connectivity index (χ2v) is 16.5. The molecule has 4 aromatic rings. The zero-order valence-electron chi connectivity index (χ0n) is 33.2. The number of rotatable bonds is 8. The summed E-state index contributed by atoms with van der Waals surface area (Å²) in [7, 11) is 2.19. The minimum Gasteiger partial charge on any atom is -0.484 e. The van der Waals surface area contributed by atoms with Gasteiger partial charge >= 0.3 is 6.03 Å². The number of hydrogen-bond acceptors (Lipinski definition) is 9. The van der Waals surface area contributed by atoms with Gasteiger partial charge in [0.15, 0.2) is 5.65 Å². The van der Waals surface area contributed by atoms with Crippen molar-refractivity contribution in [3.63, 3.8) is 0 Å². The summed E-state index contributed by atoms with van der Waals surface area (Å²) < 4.78 is 8.73. The maximum atomic E-state index is 13.8. The predicted octanol–water partition coefficient (Wildman–Crippen LogP) is 7.12. The number of anilines is 1. The fraction of sp³-hybridized carbons (Fsp3) is 0.488. The number of hydrogen-bond donors (Lipinski definition) is 3. The first-order valence-electron chi connectivity index (χ1n) is 20.0. The second-order valence-electron chi connectivity index (χ2n) is 16.5. The number of likely N-dealkylation sites (N-methyl/N-ethyl adjacent to an activating group) is 1. The van der Waals surface area contributed by atoms with E-state index in [0.29, 0.717) is 24.0 Å². The largest absolute Gasteiger partial charge is 0.484 e. The molecule has 2 aromatic heterocycles. The maximum absolute atomic E-state index is 13.8. The Labute approximate surface area is 325 Å². The molecule has 55 heavy (non-hydrogen) atoms. The fourth-order valence-electron chi connectivity index (χ4n) is 7.86. The number of nitrogens with one attached hydrogen (secondary N) is 2. The lowest BCUT2D eigenvalue weighted by Crippen LogP contribution is -2.42. The van der Waals surface area contributed by atoms with Gasteiger partial charge in [-0.1, -0.05) is 57.2 Å². The van der Waals surface area contributed by atoms with Gasteiger partial charge in [-0.05, 0) is 107 Å². The van der Waals surface area contributed by atoms with Crippen molar-refractivity contribution in [2.75, 3.05) is 44.7 Å². The highest BCUT2D eigenvalue weighted by atomic mass is 16.5. The average Bonchev–Trinajstić information content (AvgIpc) is 3.46. The molecule has 3 atom stereocenters. The quantitative estimate of drug-likeness (QED) is 0.129. The van der Waals surface area contributed by atoms with Crippen LogP contribution in [0.25, 0.3) is 5.65 Å². The number of amidine groups is 1. The molecule has 2 amide bonds. The number of carbonyl (C=O) groups excluding carboxylic acids is 1. The number of nitrogens with two attached hydrogens (primary N) is 1. The van der Waals surface area contributed by atoms with Crippen LogP contribution in [0.1, 0.15) is 95.1 Å².